The molecule has 2 N–H and O–H groups in total. The van der Waals surface area contributed by atoms with E-state index in [0.29, 0.717) is 6.42 Å². The minimum Gasteiger partial charge on any atom is -0.494 e. The number of nitrogens with one attached hydrogen (secondary N) is 1. The molecule has 22 heavy (non-hydrogen) atoms. The Hall–Kier alpha value is -1.67. The summed E-state index contributed by atoms with van der Waals surface area (Å²) in [7, 11) is -2.88. The fraction of sp³-hybridized carbons (Fsp3) is 0.500. The van der Waals surface area contributed by atoms with Gasteiger partial charge in [-0.1, -0.05) is 20.3 Å². The van der Waals surface area contributed by atoms with E-state index < -0.39 is 27.9 Å². The van der Waals surface area contributed by atoms with E-state index in [1.165, 1.54) is 13.2 Å². The molecule has 2 atom stereocenters. The lowest BCUT2D eigenvalue weighted by Gasteiger charge is -2.21. The van der Waals surface area contributed by atoms with E-state index in [4.69, 9.17) is 4.74 Å². The van der Waals surface area contributed by atoms with Crippen LogP contribution in [0.3, 0.4) is 0 Å². The topological polar surface area (TPSA) is 92.7 Å². The Kier molecular flexibility index (Phi) is 6.31. The summed E-state index contributed by atoms with van der Waals surface area (Å²) in [6.45, 7) is 3.53. The summed E-state index contributed by atoms with van der Waals surface area (Å²) in [6, 6.07) is 1.86. The molecular formula is C14H20FNO5S. The van der Waals surface area contributed by atoms with Crippen molar-refractivity contribution in [2.24, 2.45) is 5.92 Å². The van der Waals surface area contributed by atoms with Gasteiger partial charge in [0.2, 0.25) is 10.0 Å². The van der Waals surface area contributed by atoms with Gasteiger partial charge < -0.3 is 9.84 Å². The third-order valence-corrected chi connectivity index (χ3v) is 4.73. The molecule has 1 rings (SSSR count). The summed E-state index contributed by atoms with van der Waals surface area (Å²) >= 11 is 0. The molecule has 0 aliphatic carbocycles. The van der Waals surface area contributed by atoms with Gasteiger partial charge in [-0.15, -0.1) is 0 Å². The smallest absolute Gasteiger partial charge is 0.322 e. The number of benzene rings is 1. The summed E-state index contributed by atoms with van der Waals surface area (Å²) in [4.78, 5) is 10.9. The number of aliphatic carboxylic acids is 1. The zero-order valence-corrected chi connectivity index (χ0v) is 13.5. The zero-order valence-electron chi connectivity index (χ0n) is 12.7. The van der Waals surface area contributed by atoms with Crippen molar-refractivity contribution in [3.05, 3.63) is 24.0 Å². The third-order valence-electron chi connectivity index (χ3n) is 3.29. The molecule has 0 amide bonds. The number of ether oxygens (including phenoxy) is 1. The lowest BCUT2D eigenvalue weighted by atomic mass is 9.98. The SMILES string of the molecule is CCC[C@H](C)[C@H](NS(=O)(=O)c1ccc(OC)c(F)c1)C(=O)O. The first kappa shape index (κ1) is 18.4. The van der Waals surface area contributed by atoms with Crippen LogP contribution in [0, 0.1) is 11.7 Å². The molecule has 0 aliphatic heterocycles. The quantitative estimate of drug-likeness (QED) is 0.759. The van der Waals surface area contributed by atoms with Crippen molar-refractivity contribution in [3.63, 3.8) is 0 Å². The van der Waals surface area contributed by atoms with Crippen molar-refractivity contribution in [2.75, 3.05) is 7.11 Å². The van der Waals surface area contributed by atoms with Crippen LogP contribution in [0.1, 0.15) is 26.7 Å². The van der Waals surface area contributed by atoms with E-state index in [1.807, 2.05) is 6.92 Å². The van der Waals surface area contributed by atoms with Crippen molar-refractivity contribution >= 4 is 16.0 Å². The molecule has 6 nitrogen and oxygen atoms in total. The van der Waals surface area contributed by atoms with Crippen LogP contribution in [0.25, 0.3) is 0 Å². The summed E-state index contributed by atoms with van der Waals surface area (Å²) < 4.78 is 44.9. The largest absolute Gasteiger partial charge is 0.494 e. The highest BCUT2D eigenvalue weighted by Gasteiger charge is 2.30. The molecule has 0 unspecified atom stereocenters. The maximum atomic E-state index is 13.6. The molecule has 0 heterocycles. The van der Waals surface area contributed by atoms with Gasteiger partial charge in [0.25, 0.3) is 0 Å². The number of methoxy groups -OCH3 is 1. The predicted octanol–water partition coefficient (Wildman–Crippen LogP) is 2.00. The second-order valence-corrected chi connectivity index (χ2v) is 6.71. The molecular weight excluding hydrogens is 313 g/mol. The van der Waals surface area contributed by atoms with Gasteiger partial charge in [-0.3, -0.25) is 4.79 Å². The molecule has 124 valence electrons. The Morgan fingerprint density at radius 1 is 1.45 bits per heavy atom. The maximum absolute atomic E-state index is 13.6. The minimum absolute atomic E-state index is 0.0897. The molecule has 0 aromatic heterocycles. The summed E-state index contributed by atoms with van der Waals surface area (Å²) in [6.07, 6.45) is 1.28. The van der Waals surface area contributed by atoms with E-state index in [1.54, 1.807) is 6.92 Å². The number of halogens is 1. The molecule has 1 aromatic rings. The van der Waals surface area contributed by atoms with Gasteiger partial charge in [-0.05, 0) is 30.5 Å². The Balaban J connectivity index is 3.07. The second kappa shape index (κ2) is 7.55. The Morgan fingerprint density at radius 2 is 2.09 bits per heavy atom. The Bertz CT molecular complexity index is 632. The zero-order chi connectivity index (χ0) is 16.9. The molecule has 0 spiro atoms. The predicted molar refractivity (Wildman–Crippen MR) is 78.8 cm³/mol. The summed E-state index contributed by atoms with van der Waals surface area (Å²) in [5.41, 5.74) is 0. The summed E-state index contributed by atoms with van der Waals surface area (Å²) in [5, 5.41) is 9.20. The highest BCUT2D eigenvalue weighted by atomic mass is 32.2. The van der Waals surface area contributed by atoms with Crippen LogP contribution in [-0.4, -0.2) is 32.6 Å². The number of hydrogen-bond acceptors (Lipinski definition) is 4. The van der Waals surface area contributed by atoms with E-state index in [2.05, 4.69) is 4.72 Å². The number of carboxylic acids is 1. The van der Waals surface area contributed by atoms with Crippen molar-refractivity contribution in [2.45, 2.75) is 37.6 Å². The van der Waals surface area contributed by atoms with Crippen LogP contribution in [0.4, 0.5) is 4.39 Å². The third kappa shape index (κ3) is 4.41. The maximum Gasteiger partial charge on any atom is 0.322 e. The number of hydrogen-bond donors (Lipinski definition) is 2. The second-order valence-electron chi connectivity index (χ2n) is 5.00. The first-order valence-corrected chi connectivity index (χ1v) is 8.30. The first-order valence-electron chi connectivity index (χ1n) is 6.81. The first-order chi connectivity index (χ1) is 10.2. The molecule has 0 saturated heterocycles. The van der Waals surface area contributed by atoms with Gasteiger partial charge in [0.1, 0.15) is 6.04 Å². The van der Waals surface area contributed by atoms with Crippen molar-refractivity contribution in [3.8, 4) is 5.75 Å². The molecule has 8 heteroatoms. The normalized spacial score (nSPS) is 14.4. The fourth-order valence-electron chi connectivity index (χ4n) is 2.08. The van der Waals surface area contributed by atoms with Gasteiger partial charge in [0.05, 0.1) is 12.0 Å². The number of sulfonamides is 1. The lowest BCUT2D eigenvalue weighted by molar-refractivity contribution is -0.140. The minimum atomic E-state index is -4.14. The van der Waals surface area contributed by atoms with Crippen molar-refractivity contribution in [1.82, 2.24) is 4.72 Å². The van der Waals surface area contributed by atoms with Crippen molar-refractivity contribution < 1.29 is 27.4 Å². The monoisotopic (exact) mass is 333 g/mol. The molecule has 0 fully saturated rings. The fourth-order valence-corrected chi connectivity index (χ4v) is 3.39. The Morgan fingerprint density at radius 3 is 2.55 bits per heavy atom. The highest BCUT2D eigenvalue weighted by molar-refractivity contribution is 7.89. The van der Waals surface area contributed by atoms with Crippen LogP contribution in [0.2, 0.25) is 0 Å². The van der Waals surface area contributed by atoms with Crippen molar-refractivity contribution in [1.29, 1.82) is 0 Å². The summed E-state index contributed by atoms with van der Waals surface area (Å²) in [5.74, 6) is -2.58. The highest BCUT2D eigenvalue weighted by Crippen LogP contribution is 2.21. The van der Waals surface area contributed by atoms with Gasteiger partial charge in [0, 0.05) is 0 Å². The van der Waals surface area contributed by atoms with Crippen LogP contribution in [0.5, 0.6) is 5.75 Å². The average molecular weight is 333 g/mol. The van der Waals surface area contributed by atoms with Gasteiger partial charge in [-0.25, -0.2) is 12.8 Å². The van der Waals surface area contributed by atoms with E-state index in [-0.39, 0.29) is 16.6 Å². The lowest BCUT2D eigenvalue weighted by Crippen LogP contribution is -2.45. The van der Waals surface area contributed by atoms with Gasteiger partial charge >= 0.3 is 5.97 Å². The van der Waals surface area contributed by atoms with Crippen LogP contribution >= 0.6 is 0 Å². The molecule has 0 saturated carbocycles. The number of rotatable bonds is 8. The van der Waals surface area contributed by atoms with Gasteiger partial charge in [-0.2, -0.15) is 4.72 Å². The van der Waals surface area contributed by atoms with E-state index in [0.717, 1.165) is 18.6 Å². The van der Waals surface area contributed by atoms with Gasteiger partial charge in [0.15, 0.2) is 11.6 Å². The van der Waals surface area contributed by atoms with Crippen LogP contribution < -0.4 is 9.46 Å². The molecule has 1 aromatic carbocycles. The van der Waals surface area contributed by atoms with Crippen LogP contribution in [-0.2, 0) is 14.8 Å². The van der Waals surface area contributed by atoms with E-state index >= 15 is 0 Å². The Labute approximate surface area is 129 Å². The average Bonchev–Trinajstić information content (AvgIpc) is 2.44. The number of carbonyl (C=O) groups is 1. The standard InChI is InChI=1S/C14H20FNO5S/c1-4-5-9(2)13(14(17)18)16-22(19,20)10-6-7-12(21-3)11(15)8-10/h6-9,13,16H,4-5H2,1-3H3,(H,17,18)/t9-,13-/m0/s1. The molecule has 0 radical (unpaired) electrons. The van der Waals surface area contributed by atoms with Crippen LogP contribution in [0.15, 0.2) is 23.1 Å². The molecule has 0 aliphatic rings. The molecule has 0 bridgehead atoms. The number of carboxylic acid groups (broad SMARTS) is 1. The van der Waals surface area contributed by atoms with E-state index in [9.17, 15) is 22.7 Å².